The van der Waals surface area contributed by atoms with Gasteiger partial charge in [-0.2, -0.15) is 0 Å². The van der Waals surface area contributed by atoms with Crippen LogP contribution in [0.5, 0.6) is 0 Å². The second-order valence-corrected chi connectivity index (χ2v) is 20.7. The van der Waals surface area contributed by atoms with Crippen LogP contribution in [0.3, 0.4) is 0 Å². The van der Waals surface area contributed by atoms with Crippen LogP contribution in [0.1, 0.15) is 90.5 Å². The van der Waals surface area contributed by atoms with Crippen LogP contribution in [-0.2, 0) is 32.1 Å². The fraction of sp³-hybridized carbons (Fsp3) is 0.275. The van der Waals surface area contributed by atoms with Crippen molar-refractivity contribution in [2.75, 3.05) is 0 Å². The summed E-state index contributed by atoms with van der Waals surface area (Å²) in [6, 6.07) is 32.6. The van der Waals surface area contributed by atoms with Gasteiger partial charge in [-0.15, -0.1) is 0 Å². The van der Waals surface area contributed by atoms with Crippen molar-refractivity contribution >= 4 is 14.8 Å². The molecule has 0 bridgehead atoms. The van der Waals surface area contributed by atoms with Crippen LogP contribution in [0.25, 0.3) is 11.1 Å². The molecule has 0 heterocycles. The van der Waals surface area contributed by atoms with Gasteiger partial charge in [-0.05, 0) is 0 Å². The van der Waals surface area contributed by atoms with E-state index in [-0.39, 0.29) is 10.8 Å². The third-order valence-corrected chi connectivity index (χ3v) is 17.4. The zero-order chi connectivity index (χ0) is 29.8. The van der Waals surface area contributed by atoms with Crippen LogP contribution in [-0.4, -0.2) is 3.21 Å². The van der Waals surface area contributed by atoms with E-state index in [1.165, 1.54) is 50.1 Å². The SMILES string of the molecule is Cc1ccc([C](c2cccc(Cl)c2)=[Zr]([C]2=CC=CC2)[CH]2c3ccc(C(C)(C)C)cc3-c3cc(C(C)(C)C)ccc32)cc1. The van der Waals surface area contributed by atoms with Crippen LogP contribution in [0.2, 0.25) is 5.02 Å². The average Bonchev–Trinajstić information content (AvgIpc) is 3.58. The molecule has 42 heavy (non-hydrogen) atoms. The molecular formula is C40H41ClZr. The van der Waals surface area contributed by atoms with Gasteiger partial charge in [0, 0.05) is 0 Å². The molecular weight excluding hydrogens is 607 g/mol. The molecule has 0 radical (unpaired) electrons. The topological polar surface area (TPSA) is 0 Å². The maximum absolute atomic E-state index is 6.69. The molecule has 4 aromatic carbocycles. The predicted molar refractivity (Wildman–Crippen MR) is 179 cm³/mol. The van der Waals surface area contributed by atoms with Gasteiger partial charge in [0.25, 0.3) is 0 Å². The van der Waals surface area contributed by atoms with Crippen molar-refractivity contribution in [1.29, 1.82) is 0 Å². The van der Waals surface area contributed by atoms with Crippen LogP contribution in [0.4, 0.5) is 0 Å². The van der Waals surface area contributed by atoms with Crippen molar-refractivity contribution in [2.45, 2.75) is 69.3 Å². The zero-order valence-electron chi connectivity index (χ0n) is 26.0. The Hall–Kier alpha value is -2.60. The number of hydrogen-bond acceptors (Lipinski definition) is 0. The van der Waals surface area contributed by atoms with Gasteiger partial charge in [0.2, 0.25) is 0 Å². The monoisotopic (exact) mass is 646 g/mol. The number of hydrogen-bond donors (Lipinski definition) is 0. The van der Waals surface area contributed by atoms with Crippen LogP contribution >= 0.6 is 11.6 Å². The molecule has 0 unspecified atom stereocenters. The fourth-order valence-electron chi connectivity index (χ4n) is 6.47. The number of allylic oxidation sites excluding steroid dienone is 4. The molecule has 0 nitrogen and oxygen atoms in total. The molecule has 4 aromatic rings. The van der Waals surface area contributed by atoms with Crippen molar-refractivity contribution < 1.29 is 21.3 Å². The van der Waals surface area contributed by atoms with E-state index in [1.807, 2.05) is 6.07 Å². The van der Waals surface area contributed by atoms with E-state index in [4.69, 9.17) is 11.6 Å². The Labute approximate surface area is 265 Å². The first-order chi connectivity index (χ1) is 19.9. The van der Waals surface area contributed by atoms with E-state index in [1.54, 1.807) is 6.49 Å². The molecule has 212 valence electrons. The molecule has 0 fully saturated rings. The summed E-state index contributed by atoms with van der Waals surface area (Å²) in [6.07, 6.45) is 8.12. The molecule has 2 aliphatic carbocycles. The van der Waals surface area contributed by atoms with Gasteiger partial charge >= 0.3 is 267 Å². The molecule has 0 spiro atoms. The average molecular weight is 648 g/mol. The molecule has 0 aromatic heterocycles. The summed E-state index contributed by atoms with van der Waals surface area (Å²) in [5.74, 6) is 0. The number of fused-ring (bicyclic) bond motifs is 3. The summed E-state index contributed by atoms with van der Waals surface area (Å²) in [7, 11) is 0. The predicted octanol–water partition coefficient (Wildman–Crippen LogP) is 11.0. The minimum absolute atomic E-state index is 0.0916. The van der Waals surface area contributed by atoms with Crippen molar-refractivity contribution in [1.82, 2.24) is 0 Å². The van der Waals surface area contributed by atoms with Crippen LogP contribution in [0.15, 0.2) is 106 Å². The Kier molecular flexibility index (Phi) is 7.83. The third kappa shape index (κ3) is 5.56. The van der Waals surface area contributed by atoms with Gasteiger partial charge in [-0.1, -0.05) is 0 Å². The third-order valence-electron chi connectivity index (χ3n) is 8.88. The first kappa shape index (κ1) is 29.5. The van der Waals surface area contributed by atoms with Gasteiger partial charge in [0.1, 0.15) is 0 Å². The van der Waals surface area contributed by atoms with E-state index < -0.39 is 21.3 Å². The quantitative estimate of drug-likeness (QED) is 0.207. The summed E-state index contributed by atoms with van der Waals surface area (Å²) in [6.45, 7) is 16.1. The van der Waals surface area contributed by atoms with Gasteiger partial charge in [-0.25, -0.2) is 0 Å². The number of benzene rings is 4. The Morgan fingerprint density at radius 3 is 1.81 bits per heavy atom. The van der Waals surface area contributed by atoms with Crippen molar-refractivity contribution in [3.05, 3.63) is 150 Å². The summed E-state index contributed by atoms with van der Waals surface area (Å²) in [5, 5.41) is 0.801. The Bertz CT molecular complexity index is 1700. The summed E-state index contributed by atoms with van der Waals surface area (Å²) in [5.41, 5.74) is 12.8. The van der Waals surface area contributed by atoms with E-state index in [0.717, 1.165) is 11.4 Å². The van der Waals surface area contributed by atoms with E-state index in [0.29, 0.717) is 3.63 Å². The minimum atomic E-state index is -2.72. The summed E-state index contributed by atoms with van der Waals surface area (Å²) in [4.78, 5) is 0. The van der Waals surface area contributed by atoms with Crippen molar-refractivity contribution in [3.8, 4) is 11.1 Å². The summed E-state index contributed by atoms with van der Waals surface area (Å²) >= 11 is 3.97. The van der Waals surface area contributed by atoms with Crippen molar-refractivity contribution in [2.24, 2.45) is 0 Å². The molecule has 0 saturated heterocycles. The Morgan fingerprint density at radius 1 is 0.714 bits per heavy atom. The molecule has 0 N–H and O–H groups in total. The first-order valence-corrected chi connectivity index (χ1v) is 19.4. The maximum atomic E-state index is 6.69. The number of rotatable bonds is 4. The molecule has 0 aliphatic heterocycles. The fourth-order valence-corrected chi connectivity index (χ4v) is 15.7. The van der Waals surface area contributed by atoms with Crippen molar-refractivity contribution in [3.63, 3.8) is 0 Å². The Morgan fingerprint density at radius 2 is 1.31 bits per heavy atom. The standard InChI is InChI=1S/C21H25.C14H11Cl.C5H5.Zr/c1-20(2,3)16-9-7-14-11-15-8-10-17(21(4,5)6)13-19(15)18(14)12-16;1-11-5-7-12(8-6-11)9-13-3-2-4-14(15)10-13;1-2-4-5-3-1;/h7-13H,1-6H3;2-8,10H,1H3;1-3H,4H2;. The van der Waals surface area contributed by atoms with E-state index in [2.05, 4.69) is 146 Å². The van der Waals surface area contributed by atoms with Gasteiger partial charge < -0.3 is 0 Å². The van der Waals surface area contributed by atoms with Gasteiger partial charge in [-0.3, -0.25) is 0 Å². The summed E-state index contributed by atoms with van der Waals surface area (Å²) < 4.78 is 3.58. The number of aryl methyl sites for hydroxylation is 1. The first-order valence-electron chi connectivity index (χ1n) is 15.1. The second kappa shape index (κ2) is 11.2. The zero-order valence-corrected chi connectivity index (χ0v) is 29.2. The Balaban J connectivity index is 1.72. The van der Waals surface area contributed by atoms with E-state index >= 15 is 0 Å². The van der Waals surface area contributed by atoms with Gasteiger partial charge in [0.05, 0.1) is 0 Å². The van der Waals surface area contributed by atoms with Gasteiger partial charge in [0.15, 0.2) is 0 Å². The van der Waals surface area contributed by atoms with Crippen LogP contribution in [0, 0.1) is 6.92 Å². The molecule has 0 atom stereocenters. The molecule has 0 amide bonds. The molecule has 0 saturated carbocycles. The normalized spacial score (nSPS) is 15.4. The molecule has 2 heteroatoms. The molecule has 6 rings (SSSR count). The molecule has 2 aliphatic rings. The second-order valence-electron chi connectivity index (χ2n) is 14.0. The number of halogens is 1. The van der Waals surface area contributed by atoms with E-state index in [9.17, 15) is 0 Å². The van der Waals surface area contributed by atoms with Crippen LogP contribution < -0.4 is 0 Å².